The second kappa shape index (κ2) is 9.38. The molecule has 2 aromatic carbocycles. The first-order valence-electron chi connectivity index (χ1n) is 10.3. The Hall–Kier alpha value is -1.84. The molecule has 2 atom stereocenters. The predicted octanol–water partition coefficient (Wildman–Crippen LogP) is 4.92. The lowest BCUT2D eigenvalue weighted by atomic mass is 9.98. The highest BCUT2D eigenvalue weighted by molar-refractivity contribution is 5.37. The summed E-state index contributed by atoms with van der Waals surface area (Å²) in [7, 11) is 0. The van der Waals surface area contributed by atoms with Crippen LogP contribution in [0.25, 0.3) is 0 Å². The molecule has 0 aromatic heterocycles. The average molecular weight is 367 g/mol. The topological polar surface area (TPSA) is 24.5 Å². The third kappa shape index (κ3) is 5.33. The van der Waals surface area contributed by atoms with Crippen molar-refractivity contribution in [1.82, 2.24) is 10.2 Å². The number of rotatable bonds is 7. The number of hydrogen-bond donors (Lipinski definition) is 1. The third-order valence-corrected chi connectivity index (χ3v) is 5.53. The fraction of sp³-hybridized carbons (Fsp3) is 0.500. The maximum atomic E-state index is 6.38. The van der Waals surface area contributed by atoms with E-state index in [2.05, 4.69) is 86.4 Å². The van der Waals surface area contributed by atoms with Gasteiger partial charge in [-0.3, -0.25) is 4.90 Å². The van der Waals surface area contributed by atoms with E-state index in [9.17, 15) is 0 Å². The van der Waals surface area contributed by atoms with E-state index >= 15 is 0 Å². The molecule has 1 fully saturated rings. The van der Waals surface area contributed by atoms with Crippen LogP contribution in [-0.4, -0.2) is 37.2 Å². The van der Waals surface area contributed by atoms with Crippen LogP contribution in [0.2, 0.25) is 0 Å². The summed E-state index contributed by atoms with van der Waals surface area (Å²) in [6.45, 7) is 13.1. The molecule has 146 valence electrons. The minimum absolute atomic E-state index is 0.161. The van der Waals surface area contributed by atoms with Crippen LogP contribution in [0, 0.1) is 6.92 Å². The van der Waals surface area contributed by atoms with Gasteiger partial charge in [-0.25, -0.2) is 0 Å². The maximum Gasteiger partial charge on any atom is 0.122 e. The molecule has 1 aliphatic heterocycles. The Morgan fingerprint density at radius 2 is 1.67 bits per heavy atom. The number of nitrogens with zero attached hydrogens (tertiary/aromatic N) is 1. The van der Waals surface area contributed by atoms with Crippen LogP contribution >= 0.6 is 0 Å². The Balaban J connectivity index is 1.71. The molecule has 1 aliphatic rings. The van der Waals surface area contributed by atoms with Gasteiger partial charge < -0.3 is 10.1 Å². The lowest BCUT2D eigenvalue weighted by molar-refractivity contribution is 0.114. The molecule has 0 amide bonds. The molecule has 0 bridgehead atoms. The van der Waals surface area contributed by atoms with Crippen molar-refractivity contribution in [3.63, 3.8) is 0 Å². The molecule has 1 N–H and O–H groups in total. The Bertz CT molecular complexity index is 708. The quantitative estimate of drug-likeness (QED) is 0.752. The van der Waals surface area contributed by atoms with Crippen molar-refractivity contribution in [2.45, 2.75) is 52.2 Å². The molecule has 2 unspecified atom stereocenters. The number of aryl methyl sites for hydroxylation is 1. The summed E-state index contributed by atoms with van der Waals surface area (Å²) in [6, 6.07) is 17.9. The van der Waals surface area contributed by atoms with Crippen LogP contribution in [0.5, 0.6) is 5.75 Å². The van der Waals surface area contributed by atoms with Gasteiger partial charge in [0.15, 0.2) is 0 Å². The van der Waals surface area contributed by atoms with E-state index in [0.29, 0.717) is 12.0 Å². The van der Waals surface area contributed by atoms with E-state index in [4.69, 9.17) is 4.74 Å². The zero-order valence-corrected chi connectivity index (χ0v) is 17.2. The van der Waals surface area contributed by atoms with Gasteiger partial charge in [0, 0.05) is 38.6 Å². The lowest BCUT2D eigenvalue weighted by Gasteiger charge is -2.36. The van der Waals surface area contributed by atoms with Crippen LogP contribution in [0.4, 0.5) is 0 Å². The molecule has 3 heteroatoms. The van der Waals surface area contributed by atoms with E-state index in [0.717, 1.165) is 38.3 Å². The van der Waals surface area contributed by atoms with E-state index < -0.39 is 0 Å². The largest absolute Gasteiger partial charge is 0.490 e. The molecule has 2 aromatic rings. The van der Waals surface area contributed by atoms with Gasteiger partial charge in [0.25, 0.3) is 0 Å². The first-order valence-corrected chi connectivity index (χ1v) is 10.3. The number of ether oxygens (including phenoxy) is 1. The summed E-state index contributed by atoms with van der Waals surface area (Å²) in [4.78, 5) is 2.60. The van der Waals surface area contributed by atoms with Gasteiger partial charge in [-0.05, 0) is 42.5 Å². The molecule has 0 aliphatic carbocycles. The Kier molecular flexibility index (Phi) is 6.92. The standard InChI is InChI=1S/C24H34N2O/c1-18(2)22-10-11-24(19(3)16-22)27-20(4)17-23(21-8-6-5-7-9-21)26-14-12-25-13-15-26/h5-11,16,18,20,23,25H,12-15,17H2,1-4H3. The SMILES string of the molecule is Cc1cc(C(C)C)ccc1OC(C)CC(c1ccccc1)N1CCNCC1. The van der Waals surface area contributed by atoms with Crippen molar-refractivity contribution in [2.24, 2.45) is 0 Å². The van der Waals surface area contributed by atoms with E-state index in [1.807, 2.05) is 0 Å². The number of nitrogens with one attached hydrogen (secondary N) is 1. The summed E-state index contributed by atoms with van der Waals surface area (Å²) < 4.78 is 6.38. The van der Waals surface area contributed by atoms with E-state index in [1.165, 1.54) is 16.7 Å². The van der Waals surface area contributed by atoms with Crippen molar-refractivity contribution in [3.8, 4) is 5.75 Å². The van der Waals surface area contributed by atoms with E-state index in [1.54, 1.807) is 0 Å². The van der Waals surface area contributed by atoms with Crippen molar-refractivity contribution in [3.05, 3.63) is 65.2 Å². The van der Waals surface area contributed by atoms with Crippen molar-refractivity contribution in [1.29, 1.82) is 0 Å². The lowest BCUT2D eigenvalue weighted by Crippen LogP contribution is -2.46. The smallest absolute Gasteiger partial charge is 0.122 e. The number of hydrogen-bond acceptors (Lipinski definition) is 3. The third-order valence-electron chi connectivity index (χ3n) is 5.53. The molecule has 3 rings (SSSR count). The van der Waals surface area contributed by atoms with Crippen LogP contribution in [0.3, 0.4) is 0 Å². The molecule has 27 heavy (non-hydrogen) atoms. The molecule has 0 radical (unpaired) electrons. The van der Waals surface area contributed by atoms with Gasteiger partial charge in [0.1, 0.15) is 5.75 Å². The van der Waals surface area contributed by atoms with Gasteiger partial charge in [0.2, 0.25) is 0 Å². The zero-order valence-electron chi connectivity index (χ0n) is 17.2. The minimum Gasteiger partial charge on any atom is -0.490 e. The Labute approximate surface area is 164 Å². The Morgan fingerprint density at radius 3 is 2.30 bits per heavy atom. The number of benzene rings is 2. The van der Waals surface area contributed by atoms with Crippen LogP contribution in [-0.2, 0) is 0 Å². The molecule has 1 heterocycles. The Morgan fingerprint density at radius 1 is 0.963 bits per heavy atom. The summed E-state index contributed by atoms with van der Waals surface area (Å²) >= 11 is 0. The predicted molar refractivity (Wildman–Crippen MR) is 114 cm³/mol. The second-order valence-corrected chi connectivity index (χ2v) is 8.06. The molecule has 1 saturated heterocycles. The number of piperazine rings is 1. The highest BCUT2D eigenvalue weighted by Crippen LogP contribution is 2.29. The summed E-state index contributed by atoms with van der Waals surface area (Å²) in [5.74, 6) is 1.56. The molecule has 0 saturated carbocycles. The van der Waals surface area contributed by atoms with Crippen molar-refractivity contribution < 1.29 is 4.74 Å². The summed E-state index contributed by atoms with van der Waals surface area (Å²) in [5, 5.41) is 3.46. The van der Waals surface area contributed by atoms with Crippen LogP contribution in [0.1, 0.15) is 55.8 Å². The van der Waals surface area contributed by atoms with Gasteiger partial charge in [0.05, 0.1) is 6.10 Å². The van der Waals surface area contributed by atoms with E-state index in [-0.39, 0.29) is 6.10 Å². The zero-order chi connectivity index (χ0) is 19.2. The van der Waals surface area contributed by atoms with Gasteiger partial charge in [-0.2, -0.15) is 0 Å². The van der Waals surface area contributed by atoms with Gasteiger partial charge >= 0.3 is 0 Å². The highest BCUT2D eigenvalue weighted by Gasteiger charge is 2.24. The van der Waals surface area contributed by atoms with Crippen LogP contribution < -0.4 is 10.1 Å². The minimum atomic E-state index is 0.161. The first kappa shape index (κ1) is 19.9. The molecular formula is C24H34N2O. The van der Waals surface area contributed by atoms with Crippen LogP contribution in [0.15, 0.2) is 48.5 Å². The maximum absolute atomic E-state index is 6.38. The summed E-state index contributed by atoms with van der Waals surface area (Å²) in [6.07, 6.45) is 1.16. The van der Waals surface area contributed by atoms with Crippen molar-refractivity contribution in [2.75, 3.05) is 26.2 Å². The van der Waals surface area contributed by atoms with Gasteiger partial charge in [-0.15, -0.1) is 0 Å². The fourth-order valence-electron chi connectivity index (χ4n) is 3.91. The fourth-order valence-corrected chi connectivity index (χ4v) is 3.91. The first-order chi connectivity index (χ1) is 13.0. The summed E-state index contributed by atoms with van der Waals surface area (Å²) in [5.41, 5.74) is 3.99. The average Bonchev–Trinajstić information content (AvgIpc) is 2.69. The highest BCUT2D eigenvalue weighted by atomic mass is 16.5. The normalized spacial score (nSPS) is 17.7. The molecule has 3 nitrogen and oxygen atoms in total. The van der Waals surface area contributed by atoms with Crippen molar-refractivity contribution >= 4 is 0 Å². The molecule has 0 spiro atoms. The monoisotopic (exact) mass is 366 g/mol. The second-order valence-electron chi connectivity index (χ2n) is 8.06. The van der Waals surface area contributed by atoms with Gasteiger partial charge in [-0.1, -0.05) is 56.3 Å². The molecular weight excluding hydrogens is 332 g/mol.